The average molecular weight is 270 g/mol. The van der Waals surface area contributed by atoms with Crippen LogP contribution in [0.1, 0.15) is 39.5 Å². The van der Waals surface area contributed by atoms with Crippen molar-refractivity contribution in [2.24, 2.45) is 5.41 Å². The molecule has 1 aromatic rings. The van der Waals surface area contributed by atoms with E-state index in [0.717, 1.165) is 6.42 Å². The van der Waals surface area contributed by atoms with E-state index in [-0.39, 0.29) is 5.41 Å². The minimum absolute atomic E-state index is 0.265. The molecule has 1 heterocycles. The molecule has 0 amide bonds. The third-order valence-electron chi connectivity index (χ3n) is 3.78. The Kier molecular flexibility index (Phi) is 3.95. The number of hydrogen-bond acceptors (Lipinski definition) is 4. The highest BCUT2D eigenvalue weighted by Crippen LogP contribution is 2.39. The molecule has 1 N–H and O–H groups in total. The van der Waals surface area contributed by atoms with Crippen molar-refractivity contribution in [3.63, 3.8) is 0 Å². The number of anilines is 1. The Bertz CT molecular complexity index is 423. The van der Waals surface area contributed by atoms with Crippen molar-refractivity contribution in [1.29, 1.82) is 0 Å². The van der Waals surface area contributed by atoms with Crippen LogP contribution in [0.15, 0.2) is 6.33 Å². The van der Waals surface area contributed by atoms with E-state index in [2.05, 4.69) is 29.1 Å². The Morgan fingerprint density at radius 1 is 1.39 bits per heavy atom. The number of ether oxygens (including phenoxy) is 1. The first kappa shape index (κ1) is 13.4. The zero-order valence-electron chi connectivity index (χ0n) is 11.2. The van der Waals surface area contributed by atoms with Crippen molar-refractivity contribution in [2.75, 3.05) is 12.4 Å². The van der Waals surface area contributed by atoms with Crippen molar-refractivity contribution in [3.8, 4) is 5.75 Å². The van der Waals surface area contributed by atoms with Crippen molar-refractivity contribution < 1.29 is 4.74 Å². The van der Waals surface area contributed by atoms with Gasteiger partial charge < -0.3 is 10.1 Å². The van der Waals surface area contributed by atoms with E-state index in [4.69, 9.17) is 16.3 Å². The van der Waals surface area contributed by atoms with Gasteiger partial charge in [0.2, 0.25) is 0 Å². The van der Waals surface area contributed by atoms with E-state index >= 15 is 0 Å². The highest BCUT2D eigenvalue weighted by atomic mass is 35.5. The Morgan fingerprint density at radius 2 is 2.17 bits per heavy atom. The number of nitrogens with zero attached hydrogens (tertiary/aromatic N) is 2. The lowest BCUT2D eigenvalue weighted by Crippen LogP contribution is -2.39. The zero-order valence-corrected chi connectivity index (χ0v) is 11.9. The summed E-state index contributed by atoms with van der Waals surface area (Å²) in [5.74, 6) is 1.22. The van der Waals surface area contributed by atoms with Crippen LogP contribution in [0.2, 0.25) is 5.15 Å². The van der Waals surface area contributed by atoms with Crippen LogP contribution in [0, 0.1) is 5.41 Å². The van der Waals surface area contributed by atoms with Crippen LogP contribution >= 0.6 is 11.6 Å². The van der Waals surface area contributed by atoms with Crippen LogP contribution in [0.4, 0.5) is 5.82 Å². The SMILES string of the molecule is COc1c(Cl)ncnc1NC1CCCCC1(C)C. The molecule has 0 radical (unpaired) electrons. The number of rotatable bonds is 3. The maximum atomic E-state index is 6.00. The van der Waals surface area contributed by atoms with Gasteiger partial charge in [-0.15, -0.1) is 0 Å². The van der Waals surface area contributed by atoms with Gasteiger partial charge in [0, 0.05) is 6.04 Å². The van der Waals surface area contributed by atoms with E-state index in [0.29, 0.717) is 22.8 Å². The maximum absolute atomic E-state index is 6.00. The highest BCUT2D eigenvalue weighted by molar-refractivity contribution is 6.31. The molecule has 1 unspecified atom stereocenters. The summed E-state index contributed by atoms with van der Waals surface area (Å²) in [5.41, 5.74) is 0.265. The first-order valence-corrected chi connectivity index (χ1v) is 6.73. The summed E-state index contributed by atoms with van der Waals surface area (Å²) < 4.78 is 5.27. The summed E-state index contributed by atoms with van der Waals surface area (Å²) in [4.78, 5) is 8.17. The Hall–Kier alpha value is -1.03. The van der Waals surface area contributed by atoms with Crippen LogP contribution in [0.3, 0.4) is 0 Å². The van der Waals surface area contributed by atoms with Crippen molar-refractivity contribution in [1.82, 2.24) is 9.97 Å². The minimum Gasteiger partial charge on any atom is -0.490 e. The first-order chi connectivity index (χ1) is 8.54. The molecule has 0 spiro atoms. The molecule has 1 saturated carbocycles. The summed E-state index contributed by atoms with van der Waals surface area (Å²) in [6.07, 6.45) is 6.39. The minimum atomic E-state index is 0.265. The molecule has 0 bridgehead atoms. The molecular weight excluding hydrogens is 250 g/mol. The second kappa shape index (κ2) is 5.31. The third kappa shape index (κ3) is 2.69. The monoisotopic (exact) mass is 269 g/mol. The highest BCUT2D eigenvalue weighted by Gasteiger charge is 2.33. The van der Waals surface area contributed by atoms with E-state index in [1.54, 1.807) is 7.11 Å². The predicted molar refractivity (Wildman–Crippen MR) is 73.3 cm³/mol. The number of aromatic nitrogens is 2. The van der Waals surface area contributed by atoms with Gasteiger partial charge in [-0.1, -0.05) is 38.3 Å². The van der Waals surface area contributed by atoms with Crippen molar-refractivity contribution in [2.45, 2.75) is 45.6 Å². The van der Waals surface area contributed by atoms with Crippen LogP contribution < -0.4 is 10.1 Å². The van der Waals surface area contributed by atoms with Gasteiger partial charge in [-0.05, 0) is 18.3 Å². The second-order valence-electron chi connectivity index (χ2n) is 5.48. The lowest BCUT2D eigenvalue weighted by atomic mass is 9.73. The Labute approximate surface area is 113 Å². The topological polar surface area (TPSA) is 47.0 Å². The van der Waals surface area contributed by atoms with Gasteiger partial charge in [0.25, 0.3) is 0 Å². The molecule has 4 nitrogen and oxygen atoms in total. The molecule has 5 heteroatoms. The third-order valence-corrected chi connectivity index (χ3v) is 4.05. The largest absolute Gasteiger partial charge is 0.490 e. The summed E-state index contributed by atoms with van der Waals surface area (Å²) >= 11 is 6.00. The summed E-state index contributed by atoms with van der Waals surface area (Å²) in [6.45, 7) is 4.58. The Morgan fingerprint density at radius 3 is 2.83 bits per heavy atom. The van der Waals surface area contributed by atoms with Gasteiger partial charge in [0.05, 0.1) is 7.11 Å². The number of hydrogen-bond donors (Lipinski definition) is 1. The molecule has 1 aliphatic carbocycles. The number of nitrogens with one attached hydrogen (secondary N) is 1. The van der Waals surface area contributed by atoms with Crippen LogP contribution in [0.5, 0.6) is 5.75 Å². The summed E-state index contributed by atoms with van der Waals surface area (Å²) in [5, 5.41) is 3.82. The molecule has 100 valence electrons. The average Bonchev–Trinajstić information content (AvgIpc) is 2.32. The van der Waals surface area contributed by atoms with E-state index in [1.165, 1.54) is 25.6 Å². The zero-order chi connectivity index (χ0) is 13.2. The smallest absolute Gasteiger partial charge is 0.198 e. The van der Waals surface area contributed by atoms with Crippen LogP contribution in [-0.4, -0.2) is 23.1 Å². The van der Waals surface area contributed by atoms with E-state index in [9.17, 15) is 0 Å². The fraction of sp³-hybridized carbons (Fsp3) is 0.692. The second-order valence-corrected chi connectivity index (χ2v) is 5.84. The lowest BCUT2D eigenvalue weighted by Gasteiger charge is -2.39. The molecule has 1 aromatic heterocycles. The fourth-order valence-corrected chi connectivity index (χ4v) is 2.77. The number of methoxy groups -OCH3 is 1. The van der Waals surface area contributed by atoms with E-state index in [1.807, 2.05) is 0 Å². The van der Waals surface area contributed by atoms with Crippen molar-refractivity contribution in [3.05, 3.63) is 11.5 Å². The standard InChI is InChI=1S/C13H20ClN3O/c1-13(2)7-5-4-6-9(13)17-12-10(18-3)11(14)15-8-16-12/h8-9H,4-7H2,1-3H3,(H,15,16,17). The molecule has 0 aliphatic heterocycles. The summed E-state index contributed by atoms with van der Waals surface area (Å²) in [6, 6.07) is 0.395. The van der Waals surface area contributed by atoms with Gasteiger partial charge in [-0.2, -0.15) is 0 Å². The van der Waals surface area contributed by atoms with Gasteiger partial charge >= 0.3 is 0 Å². The summed E-state index contributed by atoms with van der Waals surface area (Å²) in [7, 11) is 1.59. The quantitative estimate of drug-likeness (QED) is 0.853. The molecule has 2 rings (SSSR count). The van der Waals surface area contributed by atoms with Crippen molar-refractivity contribution >= 4 is 17.4 Å². The van der Waals surface area contributed by atoms with Crippen LogP contribution in [-0.2, 0) is 0 Å². The maximum Gasteiger partial charge on any atom is 0.198 e. The molecule has 18 heavy (non-hydrogen) atoms. The Balaban J connectivity index is 2.20. The fourth-order valence-electron chi connectivity index (χ4n) is 2.56. The van der Waals surface area contributed by atoms with Gasteiger partial charge in [0.15, 0.2) is 16.7 Å². The number of halogens is 1. The van der Waals surface area contributed by atoms with Crippen LogP contribution in [0.25, 0.3) is 0 Å². The van der Waals surface area contributed by atoms with Gasteiger partial charge in [-0.3, -0.25) is 0 Å². The molecular formula is C13H20ClN3O. The molecule has 1 fully saturated rings. The molecule has 1 aliphatic rings. The van der Waals surface area contributed by atoms with Gasteiger partial charge in [0.1, 0.15) is 6.33 Å². The first-order valence-electron chi connectivity index (χ1n) is 6.35. The normalized spacial score (nSPS) is 22.6. The molecule has 1 atom stereocenters. The van der Waals surface area contributed by atoms with E-state index < -0.39 is 0 Å². The predicted octanol–water partition coefficient (Wildman–Crippen LogP) is 3.52. The lowest BCUT2D eigenvalue weighted by molar-refractivity contribution is 0.216. The van der Waals surface area contributed by atoms with Gasteiger partial charge in [-0.25, -0.2) is 9.97 Å². The molecule has 0 aromatic carbocycles. The molecule has 0 saturated heterocycles.